The highest BCUT2D eigenvalue weighted by molar-refractivity contribution is 7.22. The monoisotopic (exact) mass is 251 g/mol. The van der Waals surface area contributed by atoms with Crippen LogP contribution in [0.15, 0.2) is 18.2 Å². The molecule has 0 radical (unpaired) electrons. The van der Waals surface area contributed by atoms with E-state index in [1.807, 2.05) is 30.1 Å². The Kier molecular flexibility index (Phi) is 2.97. The zero-order valence-corrected chi connectivity index (χ0v) is 11.1. The van der Waals surface area contributed by atoms with Crippen molar-refractivity contribution in [2.45, 2.75) is 19.4 Å². The largest absolute Gasteiger partial charge is 0.399 e. The molecule has 0 aliphatic heterocycles. The zero-order chi connectivity index (χ0) is 12.6. The van der Waals surface area contributed by atoms with Crippen molar-refractivity contribution in [3.05, 3.63) is 18.2 Å². The van der Waals surface area contributed by atoms with E-state index in [9.17, 15) is 5.11 Å². The number of aliphatic hydroxyl groups is 1. The third kappa shape index (κ3) is 2.87. The highest BCUT2D eigenvalue weighted by Gasteiger charge is 2.18. The fourth-order valence-electron chi connectivity index (χ4n) is 1.74. The summed E-state index contributed by atoms with van der Waals surface area (Å²) in [6.07, 6.45) is 0. The van der Waals surface area contributed by atoms with Gasteiger partial charge in [-0.25, -0.2) is 4.98 Å². The molecule has 5 heteroatoms. The lowest BCUT2D eigenvalue weighted by molar-refractivity contribution is 0.0886. The van der Waals surface area contributed by atoms with Gasteiger partial charge in [0.1, 0.15) is 0 Å². The third-order valence-corrected chi connectivity index (χ3v) is 3.48. The number of benzene rings is 1. The van der Waals surface area contributed by atoms with Crippen LogP contribution in [0, 0.1) is 0 Å². The average molecular weight is 251 g/mol. The van der Waals surface area contributed by atoms with Gasteiger partial charge in [0.15, 0.2) is 5.13 Å². The zero-order valence-electron chi connectivity index (χ0n) is 10.3. The van der Waals surface area contributed by atoms with Gasteiger partial charge in [0.05, 0.1) is 15.8 Å². The van der Waals surface area contributed by atoms with Gasteiger partial charge in [-0.3, -0.25) is 0 Å². The molecule has 0 unspecified atom stereocenters. The molecule has 0 saturated carbocycles. The Bertz CT molecular complexity index is 530. The maximum Gasteiger partial charge on any atom is 0.186 e. The molecule has 0 spiro atoms. The topological polar surface area (TPSA) is 62.4 Å². The fraction of sp³-hybridized carbons (Fsp3) is 0.417. The molecule has 17 heavy (non-hydrogen) atoms. The number of nitrogens with two attached hydrogens (primary N) is 1. The van der Waals surface area contributed by atoms with Crippen LogP contribution in [0.4, 0.5) is 10.8 Å². The minimum atomic E-state index is -0.731. The maximum absolute atomic E-state index is 9.78. The molecule has 0 fully saturated rings. The van der Waals surface area contributed by atoms with E-state index in [1.54, 1.807) is 25.2 Å². The van der Waals surface area contributed by atoms with E-state index >= 15 is 0 Å². The van der Waals surface area contributed by atoms with Gasteiger partial charge in [0.2, 0.25) is 0 Å². The lowest BCUT2D eigenvalue weighted by Crippen LogP contribution is -2.36. The molecule has 0 atom stereocenters. The van der Waals surface area contributed by atoms with E-state index < -0.39 is 5.60 Å². The third-order valence-electron chi connectivity index (χ3n) is 2.35. The normalized spacial score (nSPS) is 12.0. The minimum absolute atomic E-state index is 0.544. The smallest absolute Gasteiger partial charge is 0.186 e. The Morgan fingerprint density at radius 1 is 1.47 bits per heavy atom. The summed E-state index contributed by atoms with van der Waals surface area (Å²) in [5.41, 5.74) is 6.70. The number of hydrogen-bond acceptors (Lipinski definition) is 5. The van der Waals surface area contributed by atoms with Gasteiger partial charge in [-0.05, 0) is 32.0 Å². The number of nitrogens with zero attached hydrogens (tertiary/aromatic N) is 2. The van der Waals surface area contributed by atoms with Crippen LogP contribution in [0.2, 0.25) is 0 Å². The van der Waals surface area contributed by atoms with E-state index in [4.69, 9.17) is 5.73 Å². The molecule has 1 heterocycles. The van der Waals surface area contributed by atoms with Crippen molar-refractivity contribution in [2.75, 3.05) is 24.2 Å². The second-order valence-corrected chi connectivity index (χ2v) is 5.90. The van der Waals surface area contributed by atoms with Crippen molar-refractivity contribution in [2.24, 2.45) is 0 Å². The van der Waals surface area contributed by atoms with Gasteiger partial charge in [-0.1, -0.05) is 11.3 Å². The first-order chi connectivity index (χ1) is 7.85. The van der Waals surface area contributed by atoms with E-state index in [0.29, 0.717) is 6.54 Å². The Morgan fingerprint density at radius 2 is 2.18 bits per heavy atom. The number of fused-ring (bicyclic) bond motifs is 1. The number of nitrogen functional groups attached to an aromatic ring is 1. The summed E-state index contributed by atoms with van der Waals surface area (Å²) in [5, 5.41) is 10.7. The van der Waals surface area contributed by atoms with Crippen LogP contribution in [-0.4, -0.2) is 29.3 Å². The van der Waals surface area contributed by atoms with Crippen LogP contribution in [0.25, 0.3) is 10.2 Å². The van der Waals surface area contributed by atoms with Crippen LogP contribution < -0.4 is 10.6 Å². The summed E-state index contributed by atoms with van der Waals surface area (Å²) >= 11 is 1.58. The molecule has 2 rings (SSSR count). The lowest BCUT2D eigenvalue weighted by atomic mass is 10.1. The second-order valence-electron chi connectivity index (χ2n) is 4.89. The lowest BCUT2D eigenvalue weighted by Gasteiger charge is -2.24. The molecule has 1 aromatic carbocycles. The first-order valence-corrected chi connectivity index (χ1v) is 6.26. The molecule has 2 aromatic rings. The fourth-order valence-corrected chi connectivity index (χ4v) is 2.71. The summed E-state index contributed by atoms with van der Waals surface area (Å²) < 4.78 is 1.07. The van der Waals surface area contributed by atoms with Crippen molar-refractivity contribution in [3.63, 3.8) is 0 Å². The molecule has 0 bridgehead atoms. The number of thiazole rings is 1. The van der Waals surface area contributed by atoms with Crippen LogP contribution >= 0.6 is 11.3 Å². The molecule has 3 N–H and O–H groups in total. The molecule has 92 valence electrons. The van der Waals surface area contributed by atoms with Gasteiger partial charge in [-0.15, -0.1) is 0 Å². The molecular formula is C12H17N3OS. The minimum Gasteiger partial charge on any atom is -0.399 e. The summed E-state index contributed by atoms with van der Waals surface area (Å²) in [6.45, 7) is 4.12. The van der Waals surface area contributed by atoms with Crippen LogP contribution in [0.5, 0.6) is 0 Å². The van der Waals surface area contributed by atoms with Crippen LogP contribution in [-0.2, 0) is 0 Å². The number of anilines is 2. The highest BCUT2D eigenvalue weighted by Crippen LogP contribution is 2.30. The van der Waals surface area contributed by atoms with Crippen LogP contribution in [0.1, 0.15) is 13.8 Å². The van der Waals surface area contributed by atoms with E-state index in [1.165, 1.54) is 0 Å². The van der Waals surface area contributed by atoms with Crippen LogP contribution in [0.3, 0.4) is 0 Å². The van der Waals surface area contributed by atoms with E-state index in [-0.39, 0.29) is 0 Å². The second kappa shape index (κ2) is 4.16. The molecule has 0 saturated heterocycles. The summed E-state index contributed by atoms with van der Waals surface area (Å²) in [6, 6.07) is 5.69. The van der Waals surface area contributed by atoms with Crippen molar-refractivity contribution in [1.29, 1.82) is 0 Å². The van der Waals surface area contributed by atoms with Gasteiger partial charge in [0.25, 0.3) is 0 Å². The first-order valence-electron chi connectivity index (χ1n) is 5.45. The van der Waals surface area contributed by atoms with Crippen molar-refractivity contribution in [1.82, 2.24) is 4.98 Å². The SMILES string of the molecule is CN(CC(C)(C)O)c1nc2ccc(N)cc2s1. The number of likely N-dealkylation sites (N-methyl/N-ethyl adjacent to an activating group) is 1. The Balaban J connectivity index is 2.30. The summed E-state index contributed by atoms with van der Waals surface area (Å²) in [4.78, 5) is 6.47. The predicted molar refractivity (Wildman–Crippen MR) is 73.6 cm³/mol. The first kappa shape index (κ1) is 12.1. The Morgan fingerprint density at radius 3 is 2.82 bits per heavy atom. The standard InChI is InChI=1S/C12H17N3OS/c1-12(2,16)7-15(3)11-14-9-5-4-8(13)6-10(9)17-11/h4-6,16H,7,13H2,1-3H3. The van der Waals surface area contributed by atoms with Crippen molar-refractivity contribution < 1.29 is 5.11 Å². The maximum atomic E-state index is 9.78. The van der Waals surface area contributed by atoms with Crippen molar-refractivity contribution in [3.8, 4) is 0 Å². The van der Waals surface area contributed by atoms with Crippen molar-refractivity contribution >= 4 is 32.4 Å². The van der Waals surface area contributed by atoms with Gasteiger partial charge in [-0.2, -0.15) is 0 Å². The molecular weight excluding hydrogens is 234 g/mol. The number of hydrogen-bond donors (Lipinski definition) is 2. The van der Waals surface area contributed by atoms with E-state index in [2.05, 4.69) is 4.98 Å². The Labute approximate surface area is 105 Å². The van der Waals surface area contributed by atoms with Gasteiger partial charge in [0, 0.05) is 19.3 Å². The molecule has 1 aromatic heterocycles. The highest BCUT2D eigenvalue weighted by atomic mass is 32.1. The molecule has 4 nitrogen and oxygen atoms in total. The van der Waals surface area contributed by atoms with E-state index in [0.717, 1.165) is 21.0 Å². The van der Waals surface area contributed by atoms with Gasteiger partial charge >= 0.3 is 0 Å². The molecule has 0 amide bonds. The summed E-state index contributed by atoms with van der Waals surface area (Å²) in [5.74, 6) is 0. The molecule has 0 aliphatic carbocycles. The Hall–Kier alpha value is -1.33. The predicted octanol–water partition coefficient (Wildman–Crippen LogP) is 2.09. The van der Waals surface area contributed by atoms with Gasteiger partial charge < -0.3 is 15.7 Å². The quantitative estimate of drug-likeness (QED) is 0.820. The number of aromatic nitrogens is 1. The average Bonchev–Trinajstić information content (AvgIpc) is 2.57. The number of rotatable bonds is 3. The molecule has 0 aliphatic rings. The summed E-state index contributed by atoms with van der Waals surface area (Å²) in [7, 11) is 1.93.